The first-order chi connectivity index (χ1) is 3.42. The Labute approximate surface area is 48.5 Å². The SMILES string of the molecule is CP(O)CP(=O)(O)O. The summed E-state index contributed by atoms with van der Waals surface area (Å²) in [5.41, 5.74) is 0. The van der Waals surface area contributed by atoms with Gasteiger partial charge in [0.15, 0.2) is 0 Å². The second kappa shape index (κ2) is 2.90. The molecule has 0 heterocycles. The summed E-state index contributed by atoms with van der Waals surface area (Å²) in [5.74, 6) is -0.387. The summed E-state index contributed by atoms with van der Waals surface area (Å²) in [6.45, 7) is 1.40. The minimum absolute atomic E-state index is 0.387. The van der Waals surface area contributed by atoms with Crippen LogP contribution in [0.1, 0.15) is 0 Å². The van der Waals surface area contributed by atoms with Crippen LogP contribution in [0, 0.1) is 0 Å². The largest absolute Gasteiger partial charge is 0.373 e. The molecule has 0 aromatic carbocycles. The Balaban J connectivity index is 3.56. The van der Waals surface area contributed by atoms with Crippen LogP contribution >= 0.6 is 15.7 Å². The van der Waals surface area contributed by atoms with Gasteiger partial charge < -0.3 is 14.7 Å². The van der Waals surface area contributed by atoms with Crippen LogP contribution in [0.25, 0.3) is 0 Å². The Kier molecular flexibility index (Phi) is 3.10. The van der Waals surface area contributed by atoms with Crippen molar-refractivity contribution in [2.45, 2.75) is 0 Å². The molecule has 0 aromatic rings. The molecule has 0 radical (unpaired) electrons. The van der Waals surface area contributed by atoms with Crippen molar-refractivity contribution in [1.82, 2.24) is 0 Å². The van der Waals surface area contributed by atoms with E-state index < -0.39 is 15.7 Å². The maximum atomic E-state index is 9.99. The highest BCUT2D eigenvalue weighted by Crippen LogP contribution is 2.46. The molecule has 1 unspecified atom stereocenters. The molecule has 0 amide bonds. The lowest BCUT2D eigenvalue weighted by atomic mass is 11.9. The number of hydrogen-bond donors (Lipinski definition) is 3. The summed E-state index contributed by atoms with van der Waals surface area (Å²) in [4.78, 5) is 24.8. The van der Waals surface area contributed by atoms with E-state index in [4.69, 9.17) is 14.7 Å². The first-order valence-electron chi connectivity index (χ1n) is 1.86. The summed E-state index contributed by atoms with van der Waals surface area (Å²) >= 11 is 0. The normalized spacial score (nSPS) is 16.0. The highest BCUT2D eigenvalue weighted by molar-refractivity contribution is 7.68. The molecule has 50 valence electrons. The second-order valence-electron chi connectivity index (χ2n) is 1.46. The average molecular weight is 158 g/mol. The molecule has 0 aliphatic rings. The minimum atomic E-state index is -3.94. The van der Waals surface area contributed by atoms with Gasteiger partial charge in [0.1, 0.15) is 0 Å². The second-order valence-corrected chi connectivity index (χ2v) is 5.24. The van der Waals surface area contributed by atoms with E-state index in [1.807, 2.05) is 0 Å². The van der Waals surface area contributed by atoms with Crippen LogP contribution in [0.5, 0.6) is 0 Å². The van der Waals surface area contributed by atoms with Gasteiger partial charge in [0.25, 0.3) is 0 Å². The van der Waals surface area contributed by atoms with Crippen molar-refractivity contribution in [3.05, 3.63) is 0 Å². The molecule has 4 nitrogen and oxygen atoms in total. The van der Waals surface area contributed by atoms with Crippen LogP contribution in [0.2, 0.25) is 0 Å². The molecule has 0 saturated heterocycles. The van der Waals surface area contributed by atoms with Crippen molar-refractivity contribution >= 4 is 15.7 Å². The van der Waals surface area contributed by atoms with E-state index in [1.54, 1.807) is 0 Å². The molecule has 0 spiro atoms. The Morgan fingerprint density at radius 3 is 2.00 bits per heavy atom. The Hall–Kier alpha value is 0.540. The lowest BCUT2D eigenvalue weighted by Gasteiger charge is -2.03. The van der Waals surface area contributed by atoms with Crippen molar-refractivity contribution in [2.24, 2.45) is 0 Å². The molecule has 0 saturated carbocycles. The maximum absolute atomic E-state index is 9.99. The Morgan fingerprint density at radius 1 is 1.62 bits per heavy atom. The highest BCUT2D eigenvalue weighted by atomic mass is 31.2. The molecule has 0 aliphatic carbocycles. The van der Waals surface area contributed by atoms with Gasteiger partial charge in [0.2, 0.25) is 0 Å². The van der Waals surface area contributed by atoms with Gasteiger partial charge in [-0.1, -0.05) is 0 Å². The monoisotopic (exact) mass is 158 g/mol. The molecule has 0 aliphatic heterocycles. The fourth-order valence-electron chi connectivity index (χ4n) is 0.267. The predicted molar refractivity (Wildman–Crippen MR) is 32.0 cm³/mol. The molecular formula is C2H8O4P2. The summed E-state index contributed by atoms with van der Waals surface area (Å²) in [5, 5.41) is 0. The van der Waals surface area contributed by atoms with Gasteiger partial charge in [0, 0.05) is 8.15 Å². The Bertz CT molecular complexity index is 105. The molecule has 6 heteroatoms. The smallest absolute Gasteiger partial charge is 0.332 e. The number of hydrogen-bond acceptors (Lipinski definition) is 2. The molecule has 1 atom stereocenters. The molecular weight excluding hydrogens is 150 g/mol. The predicted octanol–water partition coefficient (Wildman–Crippen LogP) is 0.141. The van der Waals surface area contributed by atoms with Gasteiger partial charge in [-0.15, -0.1) is 0 Å². The van der Waals surface area contributed by atoms with Crippen molar-refractivity contribution in [3.63, 3.8) is 0 Å². The standard InChI is InChI=1S/C2H8O4P2/c1-7(3)2-8(4,5)6/h3H,2H2,1H3,(H2,4,5,6). The van der Waals surface area contributed by atoms with E-state index in [2.05, 4.69) is 0 Å². The van der Waals surface area contributed by atoms with Gasteiger partial charge in [0.05, 0.1) is 5.90 Å². The summed E-state index contributed by atoms with van der Waals surface area (Å²) in [7, 11) is -5.39. The quantitative estimate of drug-likeness (QED) is 0.499. The lowest BCUT2D eigenvalue weighted by Crippen LogP contribution is -1.82. The number of rotatable bonds is 2. The molecule has 3 N–H and O–H groups in total. The van der Waals surface area contributed by atoms with E-state index in [9.17, 15) is 4.57 Å². The van der Waals surface area contributed by atoms with Crippen molar-refractivity contribution in [1.29, 1.82) is 0 Å². The van der Waals surface area contributed by atoms with Gasteiger partial charge >= 0.3 is 7.60 Å². The molecule has 0 aromatic heterocycles. The molecule has 0 bridgehead atoms. The zero-order chi connectivity index (χ0) is 6.78. The van der Waals surface area contributed by atoms with Gasteiger partial charge in [-0.3, -0.25) is 4.57 Å². The van der Waals surface area contributed by atoms with Crippen LogP contribution in [-0.4, -0.2) is 27.2 Å². The van der Waals surface area contributed by atoms with Crippen LogP contribution in [0.15, 0.2) is 0 Å². The zero-order valence-electron chi connectivity index (χ0n) is 4.35. The van der Waals surface area contributed by atoms with Gasteiger partial charge in [-0.05, 0) is 6.66 Å². The first kappa shape index (κ1) is 8.54. The third kappa shape index (κ3) is 6.54. The highest BCUT2D eigenvalue weighted by Gasteiger charge is 2.15. The topological polar surface area (TPSA) is 77.8 Å². The van der Waals surface area contributed by atoms with Gasteiger partial charge in [-0.25, -0.2) is 0 Å². The summed E-state index contributed by atoms with van der Waals surface area (Å²) in [6.07, 6.45) is 0. The maximum Gasteiger partial charge on any atom is 0.332 e. The molecule has 0 rings (SSSR count). The van der Waals surface area contributed by atoms with E-state index in [1.165, 1.54) is 6.66 Å². The average Bonchev–Trinajstić information content (AvgIpc) is 1.21. The minimum Gasteiger partial charge on any atom is -0.373 e. The van der Waals surface area contributed by atoms with Crippen molar-refractivity contribution < 1.29 is 19.2 Å². The van der Waals surface area contributed by atoms with Crippen molar-refractivity contribution in [3.8, 4) is 0 Å². The fraction of sp³-hybridized carbons (Fsp3) is 1.00. The zero-order valence-corrected chi connectivity index (χ0v) is 6.14. The molecule has 8 heavy (non-hydrogen) atoms. The fourth-order valence-corrected chi connectivity index (χ4v) is 2.40. The van der Waals surface area contributed by atoms with E-state index in [0.29, 0.717) is 0 Å². The third-order valence-corrected chi connectivity index (χ3v) is 3.50. The van der Waals surface area contributed by atoms with Gasteiger partial charge in [-0.2, -0.15) is 0 Å². The third-order valence-electron chi connectivity index (χ3n) is 0.389. The summed E-state index contributed by atoms with van der Waals surface area (Å²) in [6, 6.07) is 0. The lowest BCUT2D eigenvalue weighted by molar-refractivity contribution is 0.378. The van der Waals surface area contributed by atoms with Crippen LogP contribution in [-0.2, 0) is 4.57 Å². The van der Waals surface area contributed by atoms with E-state index >= 15 is 0 Å². The van der Waals surface area contributed by atoms with E-state index in [0.717, 1.165) is 0 Å². The first-order valence-corrected chi connectivity index (χ1v) is 5.59. The summed E-state index contributed by atoms with van der Waals surface area (Å²) < 4.78 is 9.99. The Morgan fingerprint density at radius 2 is 2.00 bits per heavy atom. The van der Waals surface area contributed by atoms with E-state index in [-0.39, 0.29) is 5.90 Å². The van der Waals surface area contributed by atoms with Crippen LogP contribution in [0.4, 0.5) is 0 Å². The van der Waals surface area contributed by atoms with Crippen LogP contribution < -0.4 is 0 Å². The van der Waals surface area contributed by atoms with Crippen molar-refractivity contribution in [2.75, 3.05) is 12.6 Å². The molecule has 0 fully saturated rings. The van der Waals surface area contributed by atoms with Crippen LogP contribution in [0.3, 0.4) is 0 Å².